The fourth-order valence-corrected chi connectivity index (χ4v) is 3.02. The Labute approximate surface area is 114 Å². The van der Waals surface area contributed by atoms with Gasteiger partial charge in [-0.2, -0.15) is 0 Å². The number of rotatable bonds is 5. The van der Waals surface area contributed by atoms with Gasteiger partial charge >= 0.3 is 5.97 Å². The first-order valence-electron chi connectivity index (χ1n) is 7.09. The molecule has 0 aromatic carbocycles. The number of aliphatic hydroxyl groups is 1. The Morgan fingerprint density at radius 2 is 1.95 bits per heavy atom. The lowest BCUT2D eigenvalue weighted by atomic mass is 10.1. The number of carbonyl (C=O) groups is 1. The van der Waals surface area contributed by atoms with Gasteiger partial charge in [0.25, 0.3) is 0 Å². The second-order valence-electron chi connectivity index (χ2n) is 5.94. The third kappa shape index (κ3) is 3.27. The number of ether oxygens (including phenoxy) is 3. The summed E-state index contributed by atoms with van der Waals surface area (Å²) < 4.78 is 17.0. The summed E-state index contributed by atoms with van der Waals surface area (Å²) in [7, 11) is 0. The van der Waals surface area contributed by atoms with E-state index in [0.29, 0.717) is 13.0 Å². The van der Waals surface area contributed by atoms with E-state index in [4.69, 9.17) is 14.2 Å². The fourth-order valence-electron chi connectivity index (χ4n) is 3.02. The lowest BCUT2D eigenvalue weighted by Crippen LogP contribution is -2.28. The molecule has 0 radical (unpaired) electrons. The molecule has 1 N–H and O–H groups in total. The molecule has 0 bridgehead atoms. The van der Waals surface area contributed by atoms with Crippen LogP contribution in [0.3, 0.4) is 0 Å². The number of aliphatic hydroxyl groups excluding tert-OH is 1. The van der Waals surface area contributed by atoms with Crippen LogP contribution in [0.2, 0.25) is 0 Å². The van der Waals surface area contributed by atoms with E-state index in [0.717, 1.165) is 12.8 Å². The first-order chi connectivity index (χ1) is 8.96. The van der Waals surface area contributed by atoms with Gasteiger partial charge in [0.1, 0.15) is 0 Å². The van der Waals surface area contributed by atoms with Gasteiger partial charge in [0.15, 0.2) is 5.79 Å². The zero-order valence-corrected chi connectivity index (χ0v) is 11.9. The van der Waals surface area contributed by atoms with Crippen molar-refractivity contribution in [2.24, 2.45) is 11.8 Å². The average molecular weight is 272 g/mol. The van der Waals surface area contributed by atoms with Gasteiger partial charge in [-0.25, -0.2) is 0 Å². The number of carbonyl (C=O) groups excluding carboxylic acids is 1. The molecule has 1 heterocycles. The normalized spacial score (nSPS) is 36.2. The van der Waals surface area contributed by atoms with Crippen molar-refractivity contribution in [3.05, 3.63) is 0 Å². The third-order valence-electron chi connectivity index (χ3n) is 3.85. The van der Waals surface area contributed by atoms with Gasteiger partial charge in [-0.3, -0.25) is 4.79 Å². The molecule has 2 rings (SSSR count). The maximum atomic E-state index is 11.4. The standard InChI is InChI=1S/C14H24O5/c1-4-5-11(16)17-8-10-6-9(7-15)12-13(10)19-14(2,3)18-12/h9-10,12-13,15H,4-8H2,1-3H3/t9-,10+,12-,13+/m1/s1. The van der Waals surface area contributed by atoms with E-state index in [2.05, 4.69) is 0 Å². The van der Waals surface area contributed by atoms with Crippen LogP contribution in [-0.4, -0.2) is 42.3 Å². The highest BCUT2D eigenvalue weighted by Gasteiger charge is 2.53. The summed E-state index contributed by atoms with van der Waals surface area (Å²) in [5.41, 5.74) is 0. The van der Waals surface area contributed by atoms with Crippen LogP contribution in [-0.2, 0) is 19.0 Å². The highest BCUT2D eigenvalue weighted by molar-refractivity contribution is 5.69. The summed E-state index contributed by atoms with van der Waals surface area (Å²) in [6.07, 6.45) is 1.85. The van der Waals surface area contributed by atoms with E-state index in [1.165, 1.54) is 0 Å². The van der Waals surface area contributed by atoms with Gasteiger partial charge in [-0.15, -0.1) is 0 Å². The van der Waals surface area contributed by atoms with Crippen molar-refractivity contribution < 1.29 is 24.1 Å². The van der Waals surface area contributed by atoms with Crippen molar-refractivity contribution in [3.63, 3.8) is 0 Å². The summed E-state index contributed by atoms with van der Waals surface area (Å²) >= 11 is 0. The van der Waals surface area contributed by atoms with Crippen LogP contribution in [0, 0.1) is 11.8 Å². The Morgan fingerprint density at radius 1 is 1.32 bits per heavy atom. The van der Waals surface area contributed by atoms with Crippen molar-refractivity contribution in [3.8, 4) is 0 Å². The molecule has 0 aromatic rings. The molecule has 5 heteroatoms. The van der Waals surface area contributed by atoms with E-state index >= 15 is 0 Å². The van der Waals surface area contributed by atoms with Crippen LogP contribution in [0.5, 0.6) is 0 Å². The minimum absolute atomic E-state index is 0.0710. The molecule has 1 aliphatic carbocycles. The van der Waals surface area contributed by atoms with Gasteiger partial charge in [0.2, 0.25) is 0 Å². The maximum absolute atomic E-state index is 11.4. The Morgan fingerprint density at radius 3 is 2.53 bits per heavy atom. The van der Waals surface area contributed by atoms with E-state index in [1.807, 2.05) is 20.8 Å². The highest BCUT2D eigenvalue weighted by atomic mass is 16.8. The number of hydrogen-bond donors (Lipinski definition) is 1. The van der Waals surface area contributed by atoms with E-state index in [1.54, 1.807) is 0 Å². The maximum Gasteiger partial charge on any atom is 0.305 e. The molecule has 2 fully saturated rings. The fraction of sp³-hybridized carbons (Fsp3) is 0.929. The van der Waals surface area contributed by atoms with Crippen molar-refractivity contribution >= 4 is 5.97 Å². The van der Waals surface area contributed by atoms with E-state index in [9.17, 15) is 9.90 Å². The first kappa shape index (κ1) is 14.8. The lowest BCUT2D eigenvalue weighted by molar-refractivity contribution is -0.166. The van der Waals surface area contributed by atoms with Crippen molar-refractivity contribution in [2.45, 2.75) is 58.0 Å². The smallest absolute Gasteiger partial charge is 0.305 e. The van der Waals surface area contributed by atoms with Gasteiger partial charge in [-0.05, 0) is 26.7 Å². The lowest BCUT2D eigenvalue weighted by Gasteiger charge is -2.22. The van der Waals surface area contributed by atoms with Crippen LogP contribution in [0.1, 0.15) is 40.0 Å². The molecule has 0 unspecified atom stereocenters. The quantitative estimate of drug-likeness (QED) is 0.768. The van der Waals surface area contributed by atoms with Crippen LogP contribution >= 0.6 is 0 Å². The zero-order valence-electron chi connectivity index (χ0n) is 11.9. The molecule has 1 aliphatic heterocycles. The van der Waals surface area contributed by atoms with Crippen molar-refractivity contribution in [1.82, 2.24) is 0 Å². The average Bonchev–Trinajstić information content (AvgIpc) is 2.80. The Bertz CT molecular complexity index is 328. The molecule has 0 amide bonds. The third-order valence-corrected chi connectivity index (χ3v) is 3.85. The second-order valence-corrected chi connectivity index (χ2v) is 5.94. The second kappa shape index (κ2) is 5.77. The Balaban J connectivity index is 1.93. The zero-order chi connectivity index (χ0) is 14.0. The van der Waals surface area contributed by atoms with Crippen molar-refractivity contribution in [1.29, 1.82) is 0 Å². The van der Waals surface area contributed by atoms with Gasteiger partial charge in [0.05, 0.1) is 18.8 Å². The van der Waals surface area contributed by atoms with E-state index < -0.39 is 5.79 Å². The van der Waals surface area contributed by atoms with Crippen LogP contribution < -0.4 is 0 Å². The monoisotopic (exact) mass is 272 g/mol. The molecule has 4 atom stereocenters. The number of hydrogen-bond acceptors (Lipinski definition) is 5. The Kier molecular flexibility index (Phi) is 4.48. The summed E-state index contributed by atoms with van der Waals surface area (Å²) in [6, 6.07) is 0. The summed E-state index contributed by atoms with van der Waals surface area (Å²) in [6.45, 7) is 6.14. The molecular weight excluding hydrogens is 248 g/mol. The van der Waals surface area contributed by atoms with Crippen LogP contribution in [0.25, 0.3) is 0 Å². The summed E-state index contributed by atoms with van der Waals surface area (Å²) in [4.78, 5) is 11.4. The summed E-state index contributed by atoms with van der Waals surface area (Å²) in [5, 5.41) is 9.42. The number of fused-ring (bicyclic) bond motifs is 1. The summed E-state index contributed by atoms with van der Waals surface area (Å²) in [5.74, 6) is -0.592. The topological polar surface area (TPSA) is 65.0 Å². The molecular formula is C14H24O5. The highest BCUT2D eigenvalue weighted by Crippen LogP contribution is 2.44. The molecule has 1 saturated heterocycles. The predicted molar refractivity (Wildman–Crippen MR) is 68.4 cm³/mol. The SMILES string of the molecule is CCCC(=O)OC[C@@H]1C[C@H](CO)[C@H]2OC(C)(C)O[C@@H]12. The number of esters is 1. The van der Waals surface area contributed by atoms with Crippen LogP contribution in [0.4, 0.5) is 0 Å². The molecule has 19 heavy (non-hydrogen) atoms. The van der Waals surface area contributed by atoms with Gasteiger partial charge in [0, 0.05) is 24.9 Å². The molecule has 0 aromatic heterocycles. The Hall–Kier alpha value is -0.650. The van der Waals surface area contributed by atoms with Gasteiger partial charge in [-0.1, -0.05) is 6.92 Å². The first-order valence-corrected chi connectivity index (χ1v) is 7.09. The molecule has 110 valence electrons. The van der Waals surface area contributed by atoms with Crippen molar-refractivity contribution in [2.75, 3.05) is 13.2 Å². The minimum atomic E-state index is -0.616. The molecule has 2 aliphatic rings. The van der Waals surface area contributed by atoms with Gasteiger partial charge < -0.3 is 19.3 Å². The van der Waals surface area contributed by atoms with E-state index in [-0.39, 0.29) is 36.6 Å². The molecule has 0 spiro atoms. The predicted octanol–water partition coefficient (Wildman–Crippen LogP) is 1.48. The minimum Gasteiger partial charge on any atom is -0.465 e. The molecule has 5 nitrogen and oxygen atoms in total. The molecule has 1 saturated carbocycles. The largest absolute Gasteiger partial charge is 0.465 e. The van der Waals surface area contributed by atoms with Crippen LogP contribution in [0.15, 0.2) is 0 Å².